The zero-order chi connectivity index (χ0) is 23.7. The van der Waals surface area contributed by atoms with Crippen LogP contribution < -0.4 is 5.09 Å². The number of anilines is 1. The van der Waals surface area contributed by atoms with Crippen molar-refractivity contribution in [3.8, 4) is 0 Å². The standard InChI is InChI=1S/C25H42I2NOP/c1-13-29-22(26)21(16(2)3)30(27)28-20-18(24(7,8)9)14-17(23(4,5)6)15-19(20)25(10,11)12/h14-16,28H,13H2,1-12H3/b22-21-. The highest BCUT2D eigenvalue weighted by atomic mass is 127. The Hall–Kier alpha value is 0.450. The van der Waals surface area contributed by atoms with Crippen LogP contribution in [0, 0.1) is 5.92 Å². The van der Waals surface area contributed by atoms with Gasteiger partial charge in [0.15, 0.2) is 3.77 Å². The van der Waals surface area contributed by atoms with Crippen molar-refractivity contribution in [1.82, 2.24) is 0 Å². The van der Waals surface area contributed by atoms with Crippen LogP contribution in [0.15, 0.2) is 21.2 Å². The lowest BCUT2D eigenvalue weighted by molar-refractivity contribution is 0.260. The van der Waals surface area contributed by atoms with Crippen LogP contribution in [-0.2, 0) is 21.0 Å². The highest BCUT2D eigenvalue weighted by molar-refractivity contribution is 14.2. The molecule has 0 bridgehead atoms. The minimum absolute atomic E-state index is 0.0468. The molecule has 0 saturated heterocycles. The normalized spacial score (nSPS) is 15.2. The van der Waals surface area contributed by atoms with Crippen LogP contribution in [0.1, 0.15) is 99.8 Å². The van der Waals surface area contributed by atoms with E-state index in [1.807, 2.05) is 0 Å². The molecule has 2 nitrogen and oxygen atoms in total. The van der Waals surface area contributed by atoms with Gasteiger partial charge in [-0.3, -0.25) is 0 Å². The first-order chi connectivity index (χ1) is 13.4. The number of allylic oxidation sites excluding steroid dienone is 1. The highest BCUT2D eigenvalue weighted by Gasteiger charge is 2.31. The van der Waals surface area contributed by atoms with Gasteiger partial charge >= 0.3 is 0 Å². The van der Waals surface area contributed by atoms with Crippen molar-refractivity contribution in [2.75, 3.05) is 11.7 Å². The Balaban J connectivity index is 3.77. The van der Waals surface area contributed by atoms with E-state index in [1.54, 1.807) is 0 Å². The van der Waals surface area contributed by atoms with Gasteiger partial charge in [0.2, 0.25) is 0 Å². The molecule has 30 heavy (non-hydrogen) atoms. The monoisotopic (exact) mass is 657 g/mol. The molecule has 0 spiro atoms. The van der Waals surface area contributed by atoms with Crippen LogP contribution in [-0.4, -0.2) is 6.61 Å². The molecule has 0 aromatic heterocycles. The van der Waals surface area contributed by atoms with E-state index >= 15 is 0 Å². The van der Waals surface area contributed by atoms with Gasteiger partial charge in [-0.25, -0.2) is 0 Å². The molecule has 0 saturated carbocycles. The van der Waals surface area contributed by atoms with E-state index in [-0.39, 0.29) is 16.2 Å². The highest BCUT2D eigenvalue weighted by Crippen LogP contribution is 2.59. The van der Waals surface area contributed by atoms with E-state index in [9.17, 15) is 0 Å². The van der Waals surface area contributed by atoms with E-state index in [0.717, 1.165) is 3.77 Å². The summed E-state index contributed by atoms with van der Waals surface area (Å²) in [7, 11) is 0. The Morgan fingerprint density at radius 2 is 1.37 bits per heavy atom. The summed E-state index contributed by atoms with van der Waals surface area (Å²) in [4.78, 5) is 0. The smallest absolute Gasteiger partial charge is 0.162 e. The molecule has 1 aromatic rings. The molecule has 0 radical (unpaired) electrons. The third kappa shape index (κ3) is 7.50. The zero-order valence-corrected chi connectivity index (χ0v) is 26.3. The largest absolute Gasteiger partial charge is 0.488 e. The third-order valence-corrected chi connectivity index (χ3v) is 10.2. The predicted octanol–water partition coefficient (Wildman–Crippen LogP) is 10.0. The SMILES string of the molecule is CCO/C(I)=C(/C(C)C)P(I)Nc1c(C(C)(C)C)cc(C(C)(C)C)cc1C(C)(C)C. The van der Waals surface area contributed by atoms with Crippen LogP contribution in [0.25, 0.3) is 0 Å². The second kappa shape index (κ2) is 10.6. The number of hydrogen-bond acceptors (Lipinski definition) is 2. The van der Waals surface area contributed by atoms with Gasteiger partial charge in [0.1, 0.15) is 0 Å². The van der Waals surface area contributed by atoms with Crippen LogP contribution in [0.4, 0.5) is 5.69 Å². The summed E-state index contributed by atoms with van der Waals surface area (Å²) in [6.07, 6.45) is 0. The van der Waals surface area contributed by atoms with E-state index in [1.165, 1.54) is 27.7 Å². The van der Waals surface area contributed by atoms with Crippen LogP contribution >= 0.6 is 50.3 Å². The molecule has 0 aliphatic heterocycles. The Morgan fingerprint density at radius 3 is 1.67 bits per heavy atom. The molecule has 1 unspecified atom stereocenters. The van der Waals surface area contributed by atoms with Gasteiger partial charge in [0.05, 0.1) is 12.3 Å². The first-order valence-corrected chi connectivity index (χ1v) is 16.1. The van der Waals surface area contributed by atoms with Crippen molar-refractivity contribution < 1.29 is 4.74 Å². The van der Waals surface area contributed by atoms with Crippen molar-refractivity contribution in [3.05, 3.63) is 37.9 Å². The summed E-state index contributed by atoms with van der Waals surface area (Å²) in [5.41, 5.74) is 5.11. The molecule has 0 heterocycles. The molecule has 0 aliphatic rings. The van der Waals surface area contributed by atoms with Crippen LogP contribution in [0.5, 0.6) is 0 Å². The summed E-state index contributed by atoms with van der Waals surface area (Å²) in [6, 6.07) is 4.87. The lowest BCUT2D eigenvalue weighted by atomic mass is 9.74. The summed E-state index contributed by atoms with van der Waals surface area (Å²) in [5.74, 6) is 0.434. The van der Waals surface area contributed by atoms with Crippen molar-refractivity contribution in [1.29, 1.82) is 0 Å². The topological polar surface area (TPSA) is 21.3 Å². The molecular weight excluding hydrogens is 615 g/mol. The molecule has 0 fully saturated rings. The van der Waals surface area contributed by atoms with Gasteiger partial charge in [0.25, 0.3) is 0 Å². The van der Waals surface area contributed by atoms with Gasteiger partial charge in [-0.15, -0.1) is 0 Å². The number of hydrogen-bond donors (Lipinski definition) is 1. The molecule has 1 atom stereocenters. The van der Waals surface area contributed by atoms with E-state index in [0.29, 0.717) is 12.5 Å². The second-order valence-corrected chi connectivity index (χ2v) is 16.5. The Labute approximate surface area is 214 Å². The molecule has 1 aromatic carbocycles. The molecule has 0 aliphatic carbocycles. The summed E-state index contributed by atoms with van der Waals surface area (Å²) >= 11 is 4.97. The molecule has 5 heteroatoms. The third-order valence-electron chi connectivity index (χ3n) is 5.06. The van der Waals surface area contributed by atoms with Crippen molar-refractivity contribution in [3.63, 3.8) is 0 Å². The minimum atomic E-state index is -0.608. The van der Waals surface area contributed by atoms with Gasteiger partial charge < -0.3 is 9.82 Å². The number of ether oxygens (including phenoxy) is 1. The van der Waals surface area contributed by atoms with E-state index < -0.39 is 5.71 Å². The Morgan fingerprint density at radius 1 is 0.933 bits per heavy atom. The fourth-order valence-electron chi connectivity index (χ4n) is 3.27. The number of rotatable bonds is 6. The predicted molar refractivity (Wildman–Crippen MR) is 155 cm³/mol. The van der Waals surface area contributed by atoms with Gasteiger partial charge in [0, 0.05) is 11.0 Å². The summed E-state index contributed by atoms with van der Waals surface area (Å²) in [6.45, 7) is 28.2. The fourth-order valence-corrected chi connectivity index (χ4v) is 10.6. The lowest BCUT2D eigenvalue weighted by Crippen LogP contribution is -2.23. The number of halogens is 2. The Bertz CT molecular complexity index is 730. The van der Waals surface area contributed by atoms with Crippen molar-refractivity contribution >= 4 is 56.0 Å². The summed E-state index contributed by atoms with van der Waals surface area (Å²) < 4.78 is 6.96. The van der Waals surface area contributed by atoms with Gasteiger partial charge in [-0.05, 0) is 90.4 Å². The quantitative estimate of drug-likeness (QED) is 0.187. The molecule has 1 rings (SSSR count). The maximum Gasteiger partial charge on any atom is 0.162 e. The van der Waals surface area contributed by atoms with Crippen molar-refractivity contribution in [2.45, 2.75) is 99.3 Å². The van der Waals surface area contributed by atoms with E-state index in [4.69, 9.17) is 4.74 Å². The average Bonchev–Trinajstić information content (AvgIpc) is 2.51. The van der Waals surface area contributed by atoms with Crippen LogP contribution in [0.2, 0.25) is 0 Å². The maximum absolute atomic E-state index is 5.92. The Kier molecular flexibility index (Phi) is 10.1. The average molecular weight is 657 g/mol. The van der Waals surface area contributed by atoms with E-state index in [2.05, 4.69) is 145 Å². The molecule has 172 valence electrons. The van der Waals surface area contributed by atoms with Crippen LogP contribution in [0.3, 0.4) is 0 Å². The van der Waals surface area contributed by atoms with Crippen molar-refractivity contribution in [2.24, 2.45) is 5.92 Å². The number of nitrogens with one attached hydrogen (secondary N) is 1. The first kappa shape index (κ1) is 28.5. The lowest BCUT2D eigenvalue weighted by Gasteiger charge is -2.35. The minimum Gasteiger partial charge on any atom is -0.488 e. The second-order valence-electron chi connectivity index (χ2n) is 11.3. The molecule has 0 amide bonds. The fraction of sp³-hybridized carbons (Fsp3) is 0.680. The number of benzene rings is 1. The molecule has 1 N–H and O–H groups in total. The van der Waals surface area contributed by atoms with Gasteiger partial charge in [-0.1, -0.05) is 88.3 Å². The van der Waals surface area contributed by atoms with Gasteiger partial charge in [-0.2, -0.15) is 0 Å². The molecular formula is C25H42I2NOP. The zero-order valence-electron chi connectivity index (χ0n) is 21.1. The maximum atomic E-state index is 5.92. The first-order valence-electron chi connectivity index (χ1n) is 10.9. The summed E-state index contributed by atoms with van der Waals surface area (Å²) in [5, 5.41) is 5.38.